The Labute approximate surface area is 112 Å². The standard InChI is InChI=1S/C10H11BrClN5/c1-17-9(10(11)15-16-17)8(14-13)6-4-2-3-5-7(6)12/h2-5,8,14H,13H2,1H3. The molecule has 2 rings (SSSR count). The van der Waals surface area contributed by atoms with E-state index in [2.05, 4.69) is 31.7 Å². The van der Waals surface area contributed by atoms with E-state index in [1.165, 1.54) is 0 Å². The maximum absolute atomic E-state index is 6.16. The summed E-state index contributed by atoms with van der Waals surface area (Å²) < 4.78 is 2.29. The Hall–Kier alpha value is -0.950. The van der Waals surface area contributed by atoms with Gasteiger partial charge < -0.3 is 0 Å². The fourth-order valence-corrected chi connectivity index (χ4v) is 2.47. The number of benzene rings is 1. The van der Waals surface area contributed by atoms with Crippen molar-refractivity contribution in [1.82, 2.24) is 20.4 Å². The first-order chi connectivity index (χ1) is 8.15. The Bertz CT molecular complexity index is 508. The van der Waals surface area contributed by atoms with Crippen LogP contribution in [0.4, 0.5) is 0 Å². The fourth-order valence-electron chi connectivity index (χ4n) is 1.67. The van der Waals surface area contributed by atoms with Crippen LogP contribution in [0.5, 0.6) is 0 Å². The lowest BCUT2D eigenvalue weighted by Crippen LogP contribution is -2.30. The van der Waals surface area contributed by atoms with Crippen molar-refractivity contribution >= 4 is 27.5 Å². The minimum atomic E-state index is -0.266. The first-order valence-electron chi connectivity index (χ1n) is 4.90. The topological polar surface area (TPSA) is 68.8 Å². The van der Waals surface area contributed by atoms with Crippen LogP contribution in [0.3, 0.4) is 0 Å². The predicted molar refractivity (Wildman–Crippen MR) is 69.3 cm³/mol. The quantitative estimate of drug-likeness (QED) is 0.669. The molecule has 5 nitrogen and oxygen atoms in total. The highest BCUT2D eigenvalue weighted by molar-refractivity contribution is 9.10. The molecule has 1 unspecified atom stereocenters. The highest BCUT2D eigenvalue weighted by atomic mass is 79.9. The second kappa shape index (κ2) is 5.14. The number of aromatic nitrogens is 3. The molecule has 0 radical (unpaired) electrons. The van der Waals surface area contributed by atoms with Crippen LogP contribution in [0.15, 0.2) is 28.9 Å². The lowest BCUT2D eigenvalue weighted by atomic mass is 10.0. The van der Waals surface area contributed by atoms with E-state index < -0.39 is 0 Å². The van der Waals surface area contributed by atoms with E-state index in [9.17, 15) is 0 Å². The molecule has 7 heteroatoms. The molecule has 1 heterocycles. The zero-order chi connectivity index (χ0) is 12.4. The van der Waals surface area contributed by atoms with Gasteiger partial charge in [-0.1, -0.05) is 35.0 Å². The summed E-state index contributed by atoms with van der Waals surface area (Å²) in [5, 5.41) is 8.49. The van der Waals surface area contributed by atoms with Gasteiger partial charge in [-0.3, -0.25) is 5.84 Å². The minimum Gasteiger partial charge on any atom is -0.271 e. The van der Waals surface area contributed by atoms with Gasteiger partial charge in [0.25, 0.3) is 0 Å². The average Bonchev–Trinajstić information content (AvgIpc) is 2.64. The molecule has 3 N–H and O–H groups in total. The van der Waals surface area contributed by atoms with Gasteiger partial charge in [-0.15, -0.1) is 5.10 Å². The van der Waals surface area contributed by atoms with E-state index in [-0.39, 0.29) is 6.04 Å². The molecule has 90 valence electrons. The van der Waals surface area contributed by atoms with E-state index in [4.69, 9.17) is 17.4 Å². The molecule has 1 aromatic heterocycles. The summed E-state index contributed by atoms with van der Waals surface area (Å²) in [5.41, 5.74) is 4.43. The van der Waals surface area contributed by atoms with Crippen molar-refractivity contribution in [3.8, 4) is 0 Å². The molecule has 0 bridgehead atoms. The van der Waals surface area contributed by atoms with Crippen molar-refractivity contribution in [2.24, 2.45) is 12.9 Å². The van der Waals surface area contributed by atoms with Gasteiger partial charge in [0, 0.05) is 12.1 Å². The van der Waals surface area contributed by atoms with Crippen molar-refractivity contribution < 1.29 is 0 Å². The van der Waals surface area contributed by atoms with E-state index in [0.29, 0.717) is 9.63 Å². The molecule has 0 saturated heterocycles. The second-order valence-electron chi connectivity index (χ2n) is 3.51. The minimum absolute atomic E-state index is 0.266. The second-order valence-corrected chi connectivity index (χ2v) is 4.67. The normalized spacial score (nSPS) is 12.7. The third kappa shape index (κ3) is 2.35. The van der Waals surface area contributed by atoms with Crippen molar-refractivity contribution in [2.75, 3.05) is 0 Å². The van der Waals surface area contributed by atoms with Crippen LogP contribution < -0.4 is 11.3 Å². The summed E-state index contributed by atoms with van der Waals surface area (Å²) in [6.07, 6.45) is 0. The van der Waals surface area contributed by atoms with Crippen molar-refractivity contribution in [2.45, 2.75) is 6.04 Å². The van der Waals surface area contributed by atoms with Gasteiger partial charge in [0.05, 0.1) is 11.7 Å². The van der Waals surface area contributed by atoms with Crippen molar-refractivity contribution in [3.05, 3.63) is 45.1 Å². The summed E-state index contributed by atoms with van der Waals surface area (Å²) in [6, 6.07) is 7.24. The van der Waals surface area contributed by atoms with Gasteiger partial charge in [0.1, 0.15) is 0 Å². The third-order valence-corrected chi connectivity index (χ3v) is 3.39. The number of hydrazine groups is 1. The van der Waals surface area contributed by atoms with E-state index in [0.717, 1.165) is 11.3 Å². The Morgan fingerprint density at radius 1 is 1.47 bits per heavy atom. The average molecular weight is 317 g/mol. The van der Waals surface area contributed by atoms with Crippen LogP contribution in [-0.4, -0.2) is 15.0 Å². The van der Waals surface area contributed by atoms with Crippen LogP contribution in [0.1, 0.15) is 17.3 Å². The molecule has 0 amide bonds. The number of halogens is 2. The first-order valence-corrected chi connectivity index (χ1v) is 6.08. The monoisotopic (exact) mass is 315 g/mol. The Morgan fingerprint density at radius 2 is 2.18 bits per heavy atom. The van der Waals surface area contributed by atoms with E-state index in [1.54, 1.807) is 11.7 Å². The first kappa shape index (κ1) is 12.5. The number of nitrogens with zero attached hydrogens (tertiary/aromatic N) is 3. The Balaban J connectivity index is 2.52. The number of rotatable bonds is 3. The molecule has 17 heavy (non-hydrogen) atoms. The molecule has 0 aliphatic carbocycles. The molecule has 2 aromatic rings. The molecule has 0 saturated carbocycles. The number of hydrogen-bond donors (Lipinski definition) is 2. The Morgan fingerprint density at radius 3 is 2.71 bits per heavy atom. The number of nitrogens with two attached hydrogens (primary N) is 1. The third-order valence-electron chi connectivity index (χ3n) is 2.48. The largest absolute Gasteiger partial charge is 0.271 e. The van der Waals surface area contributed by atoms with Gasteiger partial charge >= 0.3 is 0 Å². The van der Waals surface area contributed by atoms with E-state index in [1.807, 2.05) is 24.3 Å². The van der Waals surface area contributed by atoms with Gasteiger partial charge in [-0.25, -0.2) is 10.1 Å². The van der Waals surface area contributed by atoms with Crippen molar-refractivity contribution in [1.29, 1.82) is 0 Å². The highest BCUT2D eigenvalue weighted by Gasteiger charge is 2.22. The highest BCUT2D eigenvalue weighted by Crippen LogP contribution is 2.30. The fraction of sp³-hybridized carbons (Fsp3) is 0.200. The summed E-state index contributed by atoms with van der Waals surface area (Å²) in [4.78, 5) is 0. The molecule has 0 fully saturated rings. The summed E-state index contributed by atoms with van der Waals surface area (Å²) in [7, 11) is 1.80. The van der Waals surface area contributed by atoms with Crippen LogP contribution >= 0.6 is 27.5 Å². The molecule has 1 atom stereocenters. The Kier molecular flexibility index (Phi) is 3.78. The molecular weight excluding hydrogens is 306 g/mol. The van der Waals surface area contributed by atoms with Crippen molar-refractivity contribution in [3.63, 3.8) is 0 Å². The number of aryl methyl sites for hydroxylation is 1. The molecular formula is C10H11BrClN5. The van der Waals surface area contributed by atoms with Crippen LogP contribution in [-0.2, 0) is 7.05 Å². The van der Waals surface area contributed by atoms with Gasteiger partial charge in [-0.05, 0) is 27.6 Å². The zero-order valence-corrected chi connectivity index (χ0v) is 11.4. The SMILES string of the molecule is Cn1nnc(Br)c1C(NN)c1ccccc1Cl. The summed E-state index contributed by atoms with van der Waals surface area (Å²) in [5.74, 6) is 5.60. The maximum atomic E-state index is 6.16. The van der Waals surface area contributed by atoms with Gasteiger partial charge in [-0.2, -0.15) is 0 Å². The smallest absolute Gasteiger partial charge is 0.153 e. The van der Waals surface area contributed by atoms with E-state index >= 15 is 0 Å². The number of nitrogens with one attached hydrogen (secondary N) is 1. The zero-order valence-electron chi connectivity index (χ0n) is 9.06. The molecule has 1 aromatic carbocycles. The summed E-state index contributed by atoms with van der Waals surface area (Å²) in [6.45, 7) is 0. The number of hydrogen-bond acceptors (Lipinski definition) is 4. The molecule has 0 spiro atoms. The molecule has 0 aliphatic heterocycles. The lowest BCUT2D eigenvalue weighted by molar-refractivity contribution is 0.569. The maximum Gasteiger partial charge on any atom is 0.153 e. The van der Waals surface area contributed by atoms with Crippen LogP contribution in [0.2, 0.25) is 5.02 Å². The van der Waals surface area contributed by atoms with Gasteiger partial charge in [0.15, 0.2) is 4.60 Å². The van der Waals surface area contributed by atoms with Crippen LogP contribution in [0, 0.1) is 0 Å². The van der Waals surface area contributed by atoms with Crippen LogP contribution in [0.25, 0.3) is 0 Å². The lowest BCUT2D eigenvalue weighted by Gasteiger charge is -2.17. The van der Waals surface area contributed by atoms with Gasteiger partial charge in [0.2, 0.25) is 0 Å². The molecule has 0 aliphatic rings. The summed E-state index contributed by atoms with van der Waals surface area (Å²) >= 11 is 9.51. The predicted octanol–water partition coefficient (Wildman–Crippen LogP) is 1.78.